The summed E-state index contributed by atoms with van der Waals surface area (Å²) in [7, 11) is -3.91. The molecule has 1 unspecified atom stereocenters. The monoisotopic (exact) mass is 321 g/mol. The molecule has 0 amide bonds. The van der Waals surface area contributed by atoms with Crippen molar-refractivity contribution in [1.29, 1.82) is 0 Å². The van der Waals surface area contributed by atoms with Crippen LogP contribution in [0.1, 0.15) is 90.4 Å². The van der Waals surface area contributed by atoms with Crippen molar-refractivity contribution in [2.45, 2.75) is 96.4 Å². The molecule has 0 aliphatic rings. The van der Waals surface area contributed by atoms with Gasteiger partial charge in [-0.3, -0.25) is 4.55 Å². The predicted octanol–water partition coefficient (Wildman–Crippen LogP) is 4.29. The lowest BCUT2D eigenvalue weighted by Gasteiger charge is -2.09. The predicted molar refractivity (Wildman–Crippen MR) is 90.1 cm³/mol. The standard InChI is InChI=1S/C16H35NO3S/c1-2-3-4-5-6-7-8-9-10-11-12-13-14-16(17)15-21(18,19)20/h16H,2-15,17H2,1H3,(H,18,19,20). The molecule has 0 saturated carbocycles. The zero-order valence-electron chi connectivity index (χ0n) is 13.7. The highest BCUT2D eigenvalue weighted by Gasteiger charge is 2.11. The molecule has 0 heterocycles. The zero-order chi connectivity index (χ0) is 16.0. The molecule has 0 saturated heterocycles. The Hall–Kier alpha value is -0.130. The smallest absolute Gasteiger partial charge is 0.266 e. The highest BCUT2D eigenvalue weighted by atomic mass is 32.2. The Morgan fingerprint density at radius 2 is 1.19 bits per heavy atom. The number of nitrogens with two attached hydrogens (primary N) is 1. The summed E-state index contributed by atoms with van der Waals surface area (Å²) in [6, 6.07) is -0.428. The van der Waals surface area contributed by atoms with Crippen LogP contribution in [0.2, 0.25) is 0 Å². The van der Waals surface area contributed by atoms with Gasteiger partial charge >= 0.3 is 0 Å². The molecule has 1 atom stereocenters. The first-order chi connectivity index (χ1) is 9.95. The van der Waals surface area contributed by atoms with Gasteiger partial charge in [-0.05, 0) is 6.42 Å². The molecule has 128 valence electrons. The Labute approximate surface area is 131 Å². The highest BCUT2D eigenvalue weighted by Crippen LogP contribution is 2.12. The maximum absolute atomic E-state index is 10.6. The summed E-state index contributed by atoms with van der Waals surface area (Å²) in [4.78, 5) is 0. The number of rotatable bonds is 15. The van der Waals surface area contributed by atoms with E-state index in [4.69, 9.17) is 10.3 Å². The molecule has 0 aromatic carbocycles. The fourth-order valence-corrected chi connectivity index (χ4v) is 3.31. The maximum atomic E-state index is 10.6. The number of hydrogen-bond acceptors (Lipinski definition) is 3. The third-order valence-electron chi connectivity index (χ3n) is 3.85. The average molecular weight is 322 g/mol. The van der Waals surface area contributed by atoms with Crippen molar-refractivity contribution in [1.82, 2.24) is 0 Å². The second-order valence-electron chi connectivity index (χ2n) is 6.19. The van der Waals surface area contributed by atoms with E-state index in [2.05, 4.69) is 6.92 Å². The molecule has 0 spiro atoms. The molecule has 4 nitrogen and oxygen atoms in total. The van der Waals surface area contributed by atoms with Crippen molar-refractivity contribution in [3.8, 4) is 0 Å². The van der Waals surface area contributed by atoms with E-state index >= 15 is 0 Å². The van der Waals surface area contributed by atoms with E-state index in [1.54, 1.807) is 0 Å². The van der Waals surface area contributed by atoms with Gasteiger partial charge in [0.15, 0.2) is 0 Å². The molecule has 0 fully saturated rings. The normalized spacial score (nSPS) is 13.5. The van der Waals surface area contributed by atoms with Crippen LogP contribution in [0.15, 0.2) is 0 Å². The van der Waals surface area contributed by atoms with E-state index in [0.717, 1.165) is 12.8 Å². The zero-order valence-corrected chi connectivity index (χ0v) is 14.5. The molecule has 0 bridgehead atoms. The fraction of sp³-hybridized carbons (Fsp3) is 1.00. The molecule has 3 N–H and O–H groups in total. The minimum Gasteiger partial charge on any atom is -0.327 e. The lowest BCUT2D eigenvalue weighted by molar-refractivity contribution is 0.469. The van der Waals surface area contributed by atoms with Crippen molar-refractivity contribution < 1.29 is 13.0 Å². The van der Waals surface area contributed by atoms with Gasteiger partial charge in [0.2, 0.25) is 0 Å². The van der Waals surface area contributed by atoms with Crippen molar-refractivity contribution >= 4 is 10.1 Å². The van der Waals surface area contributed by atoms with Crippen LogP contribution in [0.5, 0.6) is 0 Å². The molecule has 5 heteroatoms. The third-order valence-corrected chi connectivity index (χ3v) is 4.70. The van der Waals surface area contributed by atoms with E-state index in [9.17, 15) is 8.42 Å². The first kappa shape index (κ1) is 20.9. The van der Waals surface area contributed by atoms with Crippen molar-refractivity contribution in [3.63, 3.8) is 0 Å². The summed E-state index contributed by atoms with van der Waals surface area (Å²) in [6.07, 6.45) is 16.1. The largest absolute Gasteiger partial charge is 0.327 e. The quantitative estimate of drug-likeness (QED) is 0.348. The van der Waals surface area contributed by atoms with Gasteiger partial charge in [-0.25, -0.2) is 0 Å². The van der Waals surface area contributed by atoms with Crippen molar-refractivity contribution in [3.05, 3.63) is 0 Å². The van der Waals surface area contributed by atoms with Crippen LogP contribution in [0.25, 0.3) is 0 Å². The van der Waals surface area contributed by atoms with Crippen LogP contribution in [0.4, 0.5) is 0 Å². The van der Waals surface area contributed by atoms with Crippen molar-refractivity contribution in [2.75, 3.05) is 5.75 Å². The van der Waals surface area contributed by atoms with Crippen LogP contribution in [0, 0.1) is 0 Å². The topological polar surface area (TPSA) is 80.4 Å². The van der Waals surface area contributed by atoms with E-state index < -0.39 is 16.2 Å². The third kappa shape index (κ3) is 17.8. The van der Waals surface area contributed by atoms with Gasteiger partial charge in [0.25, 0.3) is 10.1 Å². The molecule has 0 aromatic heterocycles. The molecule has 0 aliphatic heterocycles. The van der Waals surface area contributed by atoms with Gasteiger partial charge in [0.1, 0.15) is 0 Å². The summed E-state index contributed by atoms with van der Waals surface area (Å²) in [5.74, 6) is -0.314. The minimum absolute atomic E-state index is 0.314. The van der Waals surface area contributed by atoms with Crippen LogP contribution in [-0.2, 0) is 10.1 Å². The van der Waals surface area contributed by atoms with Crippen LogP contribution < -0.4 is 5.73 Å². The first-order valence-corrected chi connectivity index (χ1v) is 10.3. The Bertz CT molecular complexity index is 317. The average Bonchev–Trinajstić information content (AvgIpc) is 2.38. The van der Waals surface area contributed by atoms with E-state index in [1.165, 1.54) is 64.2 Å². The summed E-state index contributed by atoms with van der Waals surface area (Å²) in [6.45, 7) is 2.25. The summed E-state index contributed by atoms with van der Waals surface area (Å²) >= 11 is 0. The van der Waals surface area contributed by atoms with E-state index in [0.29, 0.717) is 6.42 Å². The number of unbranched alkanes of at least 4 members (excludes halogenated alkanes) is 11. The van der Waals surface area contributed by atoms with Gasteiger partial charge in [-0.1, -0.05) is 84.0 Å². The maximum Gasteiger partial charge on any atom is 0.266 e. The van der Waals surface area contributed by atoms with Crippen molar-refractivity contribution in [2.24, 2.45) is 5.73 Å². The lowest BCUT2D eigenvalue weighted by Crippen LogP contribution is -2.29. The summed E-state index contributed by atoms with van der Waals surface area (Å²) in [5.41, 5.74) is 5.65. The molecule has 0 radical (unpaired) electrons. The van der Waals surface area contributed by atoms with Gasteiger partial charge in [0.05, 0.1) is 5.75 Å². The van der Waals surface area contributed by atoms with Gasteiger partial charge in [-0.2, -0.15) is 8.42 Å². The summed E-state index contributed by atoms with van der Waals surface area (Å²) in [5, 5.41) is 0. The van der Waals surface area contributed by atoms with Crippen LogP contribution >= 0.6 is 0 Å². The molecule has 0 aliphatic carbocycles. The minimum atomic E-state index is -3.91. The van der Waals surface area contributed by atoms with Gasteiger partial charge in [0, 0.05) is 6.04 Å². The molecule has 0 rings (SSSR count). The van der Waals surface area contributed by atoms with E-state index in [-0.39, 0.29) is 5.75 Å². The molecule has 0 aromatic rings. The number of hydrogen-bond donors (Lipinski definition) is 2. The molecule has 21 heavy (non-hydrogen) atoms. The summed E-state index contributed by atoms with van der Waals surface area (Å²) < 4.78 is 29.9. The molecular formula is C16H35NO3S. The SMILES string of the molecule is CCCCCCCCCCCCCCC(N)CS(=O)(=O)O. The van der Waals surface area contributed by atoms with Gasteiger partial charge < -0.3 is 5.73 Å². The second-order valence-corrected chi connectivity index (χ2v) is 7.68. The Morgan fingerprint density at radius 3 is 1.57 bits per heavy atom. The Kier molecular flexibility index (Phi) is 13.4. The molecular weight excluding hydrogens is 286 g/mol. The lowest BCUT2D eigenvalue weighted by atomic mass is 10.0. The van der Waals surface area contributed by atoms with Gasteiger partial charge in [-0.15, -0.1) is 0 Å². The fourth-order valence-electron chi connectivity index (χ4n) is 2.60. The second kappa shape index (κ2) is 13.5. The Morgan fingerprint density at radius 1 is 0.810 bits per heavy atom. The van der Waals surface area contributed by atoms with Crippen LogP contribution in [-0.4, -0.2) is 24.8 Å². The Balaban J connectivity index is 3.19. The van der Waals surface area contributed by atoms with E-state index in [1.807, 2.05) is 0 Å². The highest BCUT2D eigenvalue weighted by molar-refractivity contribution is 7.85. The first-order valence-electron chi connectivity index (χ1n) is 8.66. The van der Waals surface area contributed by atoms with Crippen LogP contribution in [0.3, 0.4) is 0 Å².